The van der Waals surface area contributed by atoms with Gasteiger partial charge in [-0.15, -0.1) is 0 Å². The molecule has 0 spiro atoms. The Morgan fingerprint density at radius 1 is 1.10 bits per heavy atom. The predicted molar refractivity (Wildman–Crippen MR) is 119 cm³/mol. The van der Waals surface area contributed by atoms with Gasteiger partial charge in [-0.1, -0.05) is 44.2 Å². The van der Waals surface area contributed by atoms with Crippen molar-refractivity contribution in [2.45, 2.75) is 32.6 Å². The molecule has 2 aromatic carbocycles. The monoisotopic (exact) mass is 410 g/mol. The van der Waals surface area contributed by atoms with Crippen LogP contribution in [0.4, 0.5) is 0 Å². The third-order valence-electron chi connectivity index (χ3n) is 4.74. The van der Waals surface area contributed by atoms with E-state index in [0.717, 1.165) is 35.9 Å². The number of amides is 1. The van der Waals surface area contributed by atoms with Crippen molar-refractivity contribution < 1.29 is 14.3 Å². The first-order chi connectivity index (χ1) is 14.1. The van der Waals surface area contributed by atoms with Gasteiger partial charge in [0.05, 0.1) is 18.1 Å². The van der Waals surface area contributed by atoms with Crippen molar-refractivity contribution >= 4 is 28.9 Å². The van der Waals surface area contributed by atoms with Gasteiger partial charge in [-0.25, -0.2) is 0 Å². The quantitative estimate of drug-likeness (QED) is 0.441. The van der Waals surface area contributed by atoms with Crippen molar-refractivity contribution in [2.75, 3.05) is 13.2 Å². The lowest BCUT2D eigenvalue weighted by molar-refractivity contribution is -0.115. The van der Waals surface area contributed by atoms with E-state index in [1.807, 2.05) is 36.4 Å². The Bertz CT molecular complexity index is 893. The van der Waals surface area contributed by atoms with Gasteiger partial charge in [0, 0.05) is 12.0 Å². The molecule has 1 unspecified atom stereocenters. The molecule has 0 saturated carbocycles. The first-order valence-corrected chi connectivity index (χ1v) is 10.6. The molecule has 0 bridgehead atoms. The Labute approximate surface area is 176 Å². The Morgan fingerprint density at radius 2 is 1.83 bits per heavy atom. The lowest BCUT2D eigenvalue weighted by Crippen LogP contribution is -2.18. The number of nitrogens with one attached hydrogen (secondary N) is 2. The highest BCUT2D eigenvalue weighted by Crippen LogP contribution is 2.28. The zero-order valence-corrected chi connectivity index (χ0v) is 17.6. The Kier molecular flexibility index (Phi) is 7.36. The summed E-state index contributed by atoms with van der Waals surface area (Å²) in [7, 11) is 0. The van der Waals surface area contributed by atoms with Crippen LogP contribution < -0.4 is 14.8 Å². The summed E-state index contributed by atoms with van der Waals surface area (Å²) in [6, 6.07) is 15.9. The third kappa shape index (κ3) is 5.87. The number of para-hydroxylation sites is 1. The Balaban J connectivity index is 1.48. The number of rotatable bonds is 9. The van der Waals surface area contributed by atoms with Gasteiger partial charge in [0.25, 0.3) is 5.91 Å². The largest absolute Gasteiger partial charge is 0.493 e. The molecule has 2 N–H and O–H groups in total. The number of carbonyl (C=O) groups is 1. The molecule has 1 atom stereocenters. The van der Waals surface area contributed by atoms with Crippen molar-refractivity contribution in [2.24, 2.45) is 0 Å². The highest BCUT2D eigenvalue weighted by atomic mass is 32.2. The zero-order chi connectivity index (χ0) is 20.6. The number of hydrogen-bond donors (Lipinski definition) is 2. The topological polar surface area (TPSA) is 71.4 Å². The molecule has 6 heteroatoms. The van der Waals surface area contributed by atoms with E-state index in [4.69, 9.17) is 14.9 Å². The van der Waals surface area contributed by atoms with E-state index in [-0.39, 0.29) is 11.1 Å². The lowest BCUT2D eigenvalue weighted by Gasteiger charge is -2.12. The van der Waals surface area contributed by atoms with E-state index in [1.54, 1.807) is 6.08 Å². The summed E-state index contributed by atoms with van der Waals surface area (Å²) in [4.78, 5) is 12.3. The molecule has 1 saturated heterocycles. The fraction of sp³-hybridized carbons (Fsp3) is 0.304. The molecule has 1 aliphatic rings. The average Bonchev–Trinajstić information content (AvgIpc) is 3.05. The van der Waals surface area contributed by atoms with Gasteiger partial charge in [0.2, 0.25) is 0 Å². The SMILES string of the molecule is CCC(C)c1ccc(OCCCOc2ccccc2C=C2SC(=N)NC2=O)cc1. The minimum Gasteiger partial charge on any atom is -0.493 e. The molecule has 3 rings (SSSR count). The van der Waals surface area contributed by atoms with Crippen LogP contribution in [-0.2, 0) is 4.79 Å². The molecule has 1 aliphatic heterocycles. The number of ether oxygens (including phenoxy) is 2. The third-order valence-corrected chi connectivity index (χ3v) is 5.57. The molecule has 5 nitrogen and oxygen atoms in total. The second kappa shape index (κ2) is 10.2. The van der Waals surface area contributed by atoms with Crippen LogP contribution in [0.15, 0.2) is 53.4 Å². The van der Waals surface area contributed by atoms with Gasteiger partial charge in [0.15, 0.2) is 5.17 Å². The van der Waals surface area contributed by atoms with Crippen LogP contribution in [0.25, 0.3) is 6.08 Å². The zero-order valence-electron chi connectivity index (χ0n) is 16.7. The lowest BCUT2D eigenvalue weighted by atomic mass is 9.99. The molecule has 0 aliphatic carbocycles. The molecule has 1 heterocycles. The first kappa shape index (κ1) is 21.0. The van der Waals surface area contributed by atoms with E-state index >= 15 is 0 Å². The number of hydrogen-bond acceptors (Lipinski definition) is 5. The standard InChI is InChI=1S/C23H26N2O3S/c1-3-16(2)17-9-11-19(12-10-17)27-13-6-14-28-20-8-5-4-7-18(20)15-21-22(26)25-23(24)29-21/h4-5,7-12,15-16H,3,6,13-14H2,1-2H3,(H2,24,25,26). The second-order valence-corrected chi connectivity index (χ2v) is 7.91. The molecule has 29 heavy (non-hydrogen) atoms. The van der Waals surface area contributed by atoms with Crippen molar-refractivity contribution in [1.29, 1.82) is 5.41 Å². The summed E-state index contributed by atoms with van der Waals surface area (Å²) in [5.41, 5.74) is 2.15. The van der Waals surface area contributed by atoms with Crippen LogP contribution in [-0.4, -0.2) is 24.3 Å². The smallest absolute Gasteiger partial charge is 0.264 e. The highest BCUT2D eigenvalue weighted by molar-refractivity contribution is 8.18. The van der Waals surface area contributed by atoms with Crippen LogP contribution in [0.3, 0.4) is 0 Å². The van der Waals surface area contributed by atoms with E-state index in [2.05, 4.69) is 31.3 Å². The summed E-state index contributed by atoms with van der Waals surface area (Å²) in [6.45, 7) is 5.50. The van der Waals surface area contributed by atoms with E-state index in [1.165, 1.54) is 5.56 Å². The molecular weight excluding hydrogens is 384 g/mol. The van der Waals surface area contributed by atoms with Gasteiger partial charge < -0.3 is 14.8 Å². The summed E-state index contributed by atoms with van der Waals surface area (Å²) in [5.74, 6) is 1.90. The van der Waals surface area contributed by atoms with Gasteiger partial charge in [0.1, 0.15) is 11.5 Å². The van der Waals surface area contributed by atoms with Crippen LogP contribution in [0, 0.1) is 5.41 Å². The van der Waals surface area contributed by atoms with Gasteiger partial charge in [-0.05, 0) is 53.9 Å². The van der Waals surface area contributed by atoms with Crippen molar-refractivity contribution in [3.05, 3.63) is 64.6 Å². The van der Waals surface area contributed by atoms with E-state index in [0.29, 0.717) is 29.8 Å². The van der Waals surface area contributed by atoms with Gasteiger partial charge in [-0.2, -0.15) is 0 Å². The van der Waals surface area contributed by atoms with Crippen molar-refractivity contribution in [3.8, 4) is 11.5 Å². The molecule has 1 amide bonds. The number of amidine groups is 1. The molecule has 152 valence electrons. The van der Waals surface area contributed by atoms with Gasteiger partial charge in [-0.3, -0.25) is 10.2 Å². The normalized spacial score (nSPS) is 16.0. The maximum atomic E-state index is 11.8. The number of thioether (sulfide) groups is 1. The number of benzene rings is 2. The molecular formula is C23H26N2O3S. The van der Waals surface area contributed by atoms with Crippen molar-refractivity contribution in [1.82, 2.24) is 5.32 Å². The summed E-state index contributed by atoms with van der Waals surface area (Å²) in [6.07, 6.45) is 3.63. The summed E-state index contributed by atoms with van der Waals surface area (Å²) in [5, 5.41) is 10.2. The van der Waals surface area contributed by atoms with Crippen LogP contribution in [0.2, 0.25) is 0 Å². The maximum absolute atomic E-state index is 11.8. The predicted octanol–water partition coefficient (Wildman–Crippen LogP) is 5.19. The Hall–Kier alpha value is -2.73. The van der Waals surface area contributed by atoms with Crippen LogP contribution in [0.1, 0.15) is 43.7 Å². The highest BCUT2D eigenvalue weighted by Gasteiger charge is 2.22. The number of carbonyl (C=O) groups excluding carboxylic acids is 1. The second-order valence-electron chi connectivity index (χ2n) is 6.86. The fourth-order valence-electron chi connectivity index (χ4n) is 2.87. The molecule has 2 aromatic rings. The maximum Gasteiger partial charge on any atom is 0.264 e. The molecule has 0 aromatic heterocycles. The van der Waals surface area contributed by atoms with Crippen molar-refractivity contribution in [3.63, 3.8) is 0 Å². The van der Waals surface area contributed by atoms with Gasteiger partial charge >= 0.3 is 0 Å². The average molecular weight is 411 g/mol. The first-order valence-electron chi connectivity index (χ1n) is 9.81. The van der Waals surface area contributed by atoms with Crippen LogP contribution >= 0.6 is 11.8 Å². The molecule has 1 fully saturated rings. The van der Waals surface area contributed by atoms with E-state index < -0.39 is 0 Å². The fourth-order valence-corrected chi connectivity index (χ4v) is 3.57. The minimum atomic E-state index is -0.248. The minimum absolute atomic E-state index is 0.147. The summed E-state index contributed by atoms with van der Waals surface area (Å²) < 4.78 is 11.7. The van der Waals surface area contributed by atoms with E-state index in [9.17, 15) is 4.79 Å². The Morgan fingerprint density at radius 3 is 2.52 bits per heavy atom. The summed E-state index contributed by atoms with van der Waals surface area (Å²) >= 11 is 1.12. The molecule has 0 radical (unpaired) electrons. The van der Waals surface area contributed by atoms with Crippen LogP contribution in [0.5, 0.6) is 11.5 Å².